The molecule has 5 heteroatoms. The fourth-order valence-electron chi connectivity index (χ4n) is 2.13. The first-order chi connectivity index (χ1) is 10.00. The van der Waals surface area contributed by atoms with Gasteiger partial charge in [-0.15, -0.1) is 11.3 Å². The van der Waals surface area contributed by atoms with E-state index in [9.17, 15) is 4.79 Å². The highest BCUT2D eigenvalue weighted by atomic mass is 32.1. The fraction of sp³-hybridized carbons (Fsp3) is 0.375. The molecule has 2 rings (SSSR count). The van der Waals surface area contributed by atoms with Gasteiger partial charge in [-0.3, -0.25) is 4.79 Å². The highest BCUT2D eigenvalue weighted by molar-refractivity contribution is 7.09. The third-order valence-corrected chi connectivity index (χ3v) is 4.08. The number of benzene rings is 1. The van der Waals surface area contributed by atoms with Crippen molar-refractivity contribution in [3.63, 3.8) is 0 Å². The molecule has 2 aromatic rings. The highest BCUT2D eigenvalue weighted by Gasteiger charge is 2.20. The molecule has 0 spiro atoms. The van der Waals surface area contributed by atoms with Crippen molar-refractivity contribution in [3.05, 3.63) is 52.0 Å². The van der Waals surface area contributed by atoms with Crippen molar-refractivity contribution in [2.24, 2.45) is 11.1 Å². The molecular formula is C16H21N3OS. The van der Waals surface area contributed by atoms with Crippen molar-refractivity contribution in [1.82, 2.24) is 10.3 Å². The molecule has 0 saturated heterocycles. The van der Waals surface area contributed by atoms with Crippen molar-refractivity contribution in [2.75, 3.05) is 6.54 Å². The van der Waals surface area contributed by atoms with Crippen LogP contribution in [0.15, 0.2) is 35.7 Å². The summed E-state index contributed by atoms with van der Waals surface area (Å²) in [5.41, 5.74) is 7.23. The van der Waals surface area contributed by atoms with Crippen LogP contribution in [0.1, 0.15) is 34.9 Å². The third-order valence-electron chi connectivity index (χ3n) is 3.21. The van der Waals surface area contributed by atoms with E-state index >= 15 is 0 Å². The van der Waals surface area contributed by atoms with Crippen LogP contribution in [-0.2, 0) is 13.0 Å². The number of nitrogens with two attached hydrogens (primary N) is 1. The number of hydrogen-bond donors (Lipinski definition) is 2. The molecule has 1 heterocycles. The van der Waals surface area contributed by atoms with Gasteiger partial charge in [-0.1, -0.05) is 44.2 Å². The number of thiazole rings is 1. The SMILES string of the molecule is CC(C)(CNC(=O)c1csc(CN)n1)Cc1ccccc1. The average molecular weight is 303 g/mol. The van der Waals surface area contributed by atoms with Crippen molar-refractivity contribution in [1.29, 1.82) is 0 Å². The maximum Gasteiger partial charge on any atom is 0.270 e. The van der Waals surface area contributed by atoms with Crippen LogP contribution in [-0.4, -0.2) is 17.4 Å². The largest absolute Gasteiger partial charge is 0.350 e. The minimum Gasteiger partial charge on any atom is -0.350 e. The molecule has 0 aliphatic heterocycles. The number of carbonyl (C=O) groups excluding carboxylic acids is 1. The second-order valence-corrected chi connectivity index (χ2v) is 6.78. The summed E-state index contributed by atoms with van der Waals surface area (Å²) in [4.78, 5) is 16.3. The molecule has 0 aliphatic carbocycles. The first-order valence-electron chi connectivity index (χ1n) is 6.97. The fourth-order valence-corrected chi connectivity index (χ4v) is 2.78. The predicted molar refractivity (Wildman–Crippen MR) is 86.3 cm³/mol. The van der Waals surface area contributed by atoms with Crippen molar-refractivity contribution >= 4 is 17.2 Å². The molecule has 4 nitrogen and oxygen atoms in total. The monoisotopic (exact) mass is 303 g/mol. The lowest BCUT2D eigenvalue weighted by Crippen LogP contribution is -2.35. The summed E-state index contributed by atoms with van der Waals surface area (Å²) in [5, 5.41) is 5.49. The molecule has 1 aromatic heterocycles. The van der Waals surface area contributed by atoms with Gasteiger partial charge in [0.1, 0.15) is 10.7 Å². The van der Waals surface area contributed by atoms with E-state index in [0.29, 0.717) is 18.8 Å². The maximum atomic E-state index is 12.1. The lowest BCUT2D eigenvalue weighted by Gasteiger charge is -2.25. The van der Waals surface area contributed by atoms with Crippen LogP contribution in [0, 0.1) is 5.41 Å². The van der Waals surface area contributed by atoms with Gasteiger partial charge in [0.2, 0.25) is 0 Å². The van der Waals surface area contributed by atoms with Crippen LogP contribution in [0.25, 0.3) is 0 Å². The number of carbonyl (C=O) groups is 1. The van der Waals surface area contributed by atoms with Crippen molar-refractivity contribution < 1.29 is 4.79 Å². The summed E-state index contributed by atoms with van der Waals surface area (Å²) in [7, 11) is 0. The van der Waals surface area contributed by atoms with Crippen LogP contribution >= 0.6 is 11.3 Å². The Morgan fingerprint density at radius 2 is 2.05 bits per heavy atom. The van der Waals surface area contributed by atoms with Gasteiger partial charge in [0.25, 0.3) is 5.91 Å². The first-order valence-corrected chi connectivity index (χ1v) is 7.85. The first kappa shape index (κ1) is 15.7. The van der Waals surface area contributed by atoms with Gasteiger partial charge in [-0.25, -0.2) is 4.98 Å². The molecule has 1 amide bonds. The van der Waals surface area contributed by atoms with Crippen LogP contribution in [0.2, 0.25) is 0 Å². The van der Waals surface area contributed by atoms with Gasteiger partial charge in [-0.2, -0.15) is 0 Å². The standard InChI is InChI=1S/C16H21N3OS/c1-16(2,8-12-6-4-3-5-7-12)11-18-15(20)13-10-21-14(9-17)19-13/h3-7,10H,8-9,11,17H2,1-2H3,(H,18,20). The van der Waals surface area contributed by atoms with Crippen LogP contribution < -0.4 is 11.1 Å². The zero-order valence-electron chi connectivity index (χ0n) is 12.4. The Balaban J connectivity index is 1.90. The number of hydrogen-bond acceptors (Lipinski definition) is 4. The van der Waals surface area contributed by atoms with Crippen LogP contribution in [0.4, 0.5) is 0 Å². The second kappa shape index (κ2) is 6.83. The summed E-state index contributed by atoms with van der Waals surface area (Å²) >= 11 is 1.42. The number of nitrogens with one attached hydrogen (secondary N) is 1. The Bertz CT molecular complexity index is 593. The average Bonchev–Trinajstić information content (AvgIpc) is 2.94. The van der Waals surface area contributed by atoms with E-state index in [-0.39, 0.29) is 11.3 Å². The molecule has 0 fully saturated rings. The molecule has 0 saturated carbocycles. The molecule has 21 heavy (non-hydrogen) atoms. The van der Waals surface area contributed by atoms with Gasteiger partial charge in [0.15, 0.2) is 0 Å². The highest BCUT2D eigenvalue weighted by Crippen LogP contribution is 2.21. The van der Waals surface area contributed by atoms with Gasteiger partial charge in [0.05, 0.1) is 0 Å². The number of nitrogens with zero attached hydrogens (tertiary/aromatic N) is 1. The summed E-state index contributed by atoms with van der Waals surface area (Å²) in [6, 6.07) is 10.3. The van der Waals surface area contributed by atoms with Gasteiger partial charge in [0, 0.05) is 18.5 Å². The lowest BCUT2D eigenvalue weighted by atomic mass is 9.85. The van der Waals surface area contributed by atoms with Crippen LogP contribution in [0.5, 0.6) is 0 Å². The topological polar surface area (TPSA) is 68.0 Å². The molecule has 0 radical (unpaired) electrons. The summed E-state index contributed by atoms with van der Waals surface area (Å²) in [6.07, 6.45) is 0.916. The van der Waals surface area contributed by atoms with E-state index in [2.05, 4.69) is 36.3 Å². The van der Waals surface area contributed by atoms with E-state index in [1.54, 1.807) is 5.38 Å². The van der Waals surface area contributed by atoms with Gasteiger partial charge < -0.3 is 11.1 Å². The maximum absolute atomic E-state index is 12.1. The van der Waals surface area contributed by atoms with Gasteiger partial charge in [-0.05, 0) is 17.4 Å². The Morgan fingerprint density at radius 1 is 1.33 bits per heavy atom. The number of aromatic nitrogens is 1. The van der Waals surface area contributed by atoms with E-state index in [4.69, 9.17) is 5.73 Å². The minimum atomic E-state index is -0.132. The molecule has 3 N–H and O–H groups in total. The Labute approximate surface area is 129 Å². The predicted octanol–water partition coefficient (Wildman–Crippen LogP) is 2.60. The minimum absolute atomic E-state index is 0.0102. The molecule has 112 valence electrons. The van der Waals surface area contributed by atoms with E-state index < -0.39 is 0 Å². The van der Waals surface area contributed by atoms with Crippen molar-refractivity contribution in [2.45, 2.75) is 26.8 Å². The lowest BCUT2D eigenvalue weighted by molar-refractivity contribution is 0.0932. The smallest absolute Gasteiger partial charge is 0.270 e. The van der Waals surface area contributed by atoms with E-state index in [0.717, 1.165) is 11.4 Å². The van der Waals surface area contributed by atoms with Crippen molar-refractivity contribution in [3.8, 4) is 0 Å². The molecular weight excluding hydrogens is 282 g/mol. The summed E-state index contributed by atoms with van der Waals surface area (Å²) in [6.45, 7) is 5.27. The molecule has 0 unspecified atom stereocenters. The van der Waals surface area contributed by atoms with Gasteiger partial charge >= 0.3 is 0 Å². The molecule has 1 aromatic carbocycles. The Kier molecular flexibility index (Phi) is 5.09. The zero-order valence-corrected chi connectivity index (χ0v) is 13.2. The number of amides is 1. The quantitative estimate of drug-likeness (QED) is 0.862. The Morgan fingerprint density at radius 3 is 2.67 bits per heavy atom. The summed E-state index contributed by atoms with van der Waals surface area (Å²) in [5.74, 6) is -0.132. The molecule has 0 bridgehead atoms. The van der Waals surface area contributed by atoms with E-state index in [1.807, 2.05) is 18.2 Å². The second-order valence-electron chi connectivity index (χ2n) is 5.84. The molecule has 0 atom stereocenters. The third kappa shape index (κ3) is 4.65. The molecule has 0 aliphatic rings. The zero-order chi connectivity index (χ0) is 15.3. The van der Waals surface area contributed by atoms with Crippen LogP contribution in [0.3, 0.4) is 0 Å². The Hall–Kier alpha value is -1.72. The summed E-state index contributed by atoms with van der Waals surface area (Å²) < 4.78 is 0. The van der Waals surface area contributed by atoms with E-state index in [1.165, 1.54) is 16.9 Å². The number of rotatable bonds is 6. The normalized spacial score (nSPS) is 11.4.